The predicted molar refractivity (Wildman–Crippen MR) is 107 cm³/mol. The van der Waals surface area contributed by atoms with Crippen LogP contribution in [0.4, 0.5) is 0 Å². The van der Waals surface area contributed by atoms with E-state index >= 15 is 0 Å². The van der Waals surface area contributed by atoms with Crippen molar-refractivity contribution in [1.82, 2.24) is 4.57 Å². The van der Waals surface area contributed by atoms with Crippen molar-refractivity contribution in [3.05, 3.63) is 43.8 Å². The largest absolute Gasteiger partial charge is 0.462 e. The minimum atomic E-state index is -0.629. The molecule has 1 atom stereocenters. The molecule has 0 aliphatic carbocycles. The molecule has 3 rings (SSSR count). The van der Waals surface area contributed by atoms with Crippen LogP contribution in [0.1, 0.15) is 36.2 Å². The minimum Gasteiger partial charge on any atom is -0.462 e. The Bertz CT molecular complexity index is 857. The lowest BCUT2D eigenvalue weighted by atomic mass is 9.91. The molecule has 0 amide bonds. The highest BCUT2D eigenvalue weighted by Gasteiger charge is 2.27. The Kier molecular flexibility index (Phi) is 6.31. The molecule has 1 N–H and O–H groups in total. The van der Waals surface area contributed by atoms with Crippen LogP contribution in [0.5, 0.6) is 0 Å². The lowest BCUT2D eigenvalue weighted by Crippen LogP contribution is -2.31. The molecule has 7 heteroatoms. The van der Waals surface area contributed by atoms with Crippen LogP contribution in [0, 0.1) is 9.49 Å². The fourth-order valence-corrected chi connectivity index (χ4v) is 4.01. The van der Waals surface area contributed by atoms with Gasteiger partial charge in [-0.25, -0.2) is 4.79 Å². The van der Waals surface area contributed by atoms with Gasteiger partial charge in [-0.3, -0.25) is 4.79 Å². The summed E-state index contributed by atoms with van der Waals surface area (Å²) in [7, 11) is 0. The molecule has 1 aliphatic rings. The Morgan fingerprint density at radius 3 is 2.81 bits per heavy atom. The average molecular weight is 471 g/mol. The monoisotopic (exact) mass is 471 g/mol. The highest BCUT2D eigenvalue weighted by molar-refractivity contribution is 14.1. The van der Waals surface area contributed by atoms with Crippen molar-refractivity contribution in [1.29, 1.82) is 0 Å². The van der Waals surface area contributed by atoms with E-state index in [-0.39, 0.29) is 36.2 Å². The minimum absolute atomic E-state index is 0.00635. The molecule has 6 nitrogen and oxygen atoms in total. The Labute approximate surface area is 165 Å². The average Bonchev–Trinajstić information content (AvgIpc) is 2.65. The summed E-state index contributed by atoms with van der Waals surface area (Å²) in [5.41, 5.74) is 0.387. The molecule has 1 aromatic heterocycles. The molecule has 0 spiro atoms. The van der Waals surface area contributed by atoms with Gasteiger partial charge in [0, 0.05) is 28.4 Å². The highest BCUT2D eigenvalue weighted by Crippen LogP contribution is 2.30. The van der Waals surface area contributed by atoms with E-state index in [2.05, 4.69) is 22.6 Å². The van der Waals surface area contributed by atoms with Crippen LogP contribution in [0.2, 0.25) is 0 Å². The Morgan fingerprint density at radius 2 is 2.15 bits per heavy atom. The van der Waals surface area contributed by atoms with E-state index in [4.69, 9.17) is 9.47 Å². The van der Waals surface area contributed by atoms with Gasteiger partial charge in [0.15, 0.2) is 0 Å². The van der Waals surface area contributed by atoms with Crippen molar-refractivity contribution in [2.75, 3.05) is 26.4 Å². The number of aliphatic hydroxyl groups excluding tert-OH is 1. The summed E-state index contributed by atoms with van der Waals surface area (Å²) in [5, 5.41) is 10.6. The van der Waals surface area contributed by atoms with E-state index in [0.29, 0.717) is 24.1 Å². The van der Waals surface area contributed by atoms with Crippen molar-refractivity contribution in [2.24, 2.45) is 5.92 Å². The van der Waals surface area contributed by atoms with E-state index in [9.17, 15) is 14.7 Å². The van der Waals surface area contributed by atoms with Crippen LogP contribution in [-0.4, -0.2) is 42.1 Å². The van der Waals surface area contributed by atoms with Crippen LogP contribution in [0.15, 0.2) is 29.2 Å². The van der Waals surface area contributed by atoms with E-state index < -0.39 is 5.97 Å². The fraction of sp³-hybridized carbons (Fsp3) is 0.474. The van der Waals surface area contributed by atoms with Gasteiger partial charge in [0.05, 0.1) is 24.8 Å². The molecule has 2 aromatic rings. The Morgan fingerprint density at radius 1 is 1.42 bits per heavy atom. The SMILES string of the molecule is CCOC(=O)c1cn(C(CO)C2CCOCC2)c2ccc(I)cc2c1=O. The van der Waals surface area contributed by atoms with Gasteiger partial charge in [0.1, 0.15) is 5.56 Å². The number of esters is 1. The summed E-state index contributed by atoms with van der Waals surface area (Å²) in [5.74, 6) is -0.413. The normalized spacial score (nSPS) is 16.6. The second-order valence-electron chi connectivity index (χ2n) is 6.36. The quantitative estimate of drug-likeness (QED) is 0.536. The van der Waals surface area contributed by atoms with Crippen molar-refractivity contribution in [3.8, 4) is 0 Å². The lowest BCUT2D eigenvalue weighted by molar-refractivity contribution is 0.0368. The molecule has 2 heterocycles. The summed E-state index contributed by atoms with van der Waals surface area (Å²) >= 11 is 2.14. The first-order valence-corrected chi connectivity index (χ1v) is 9.84. The smallest absolute Gasteiger partial charge is 0.343 e. The van der Waals surface area contributed by atoms with Gasteiger partial charge in [-0.15, -0.1) is 0 Å². The number of ether oxygens (including phenoxy) is 2. The van der Waals surface area contributed by atoms with Crippen molar-refractivity contribution in [3.63, 3.8) is 0 Å². The topological polar surface area (TPSA) is 77.8 Å². The van der Waals surface area contributed by atoms with Crippen molar-refractivity contribution < 1.29 is 19.4 Å². The number of carbonyl (C=O) groups is 1. The van der Waals surface area contributed by atoms with Crippen molar-refractivity contribution >= 4 is 39.5 Å². The van der Waals surface area contributed by atoms with Gasteiger partial charge in [0.2, 0.25) is 5.43 Å². The molecule has 1 fully saturated rings. The Hall–Kier alpha value is -1.45. The first kappa shape index (κ1) is 19.3. The molecule has 0 bridgehead atoms. The maximum atomic E-state index is 12.8. The maximum absolute atomic E-state index is 12.8. The van der Waals surface area contributed by atoms with Gasteiger partial charge in [-0.05, 0) is 66.5 Å². The molecule has 140 valence electrons. The van der Waals surface area contributed by atoms with Gasteiger partial charge in [-0.2, -0.15) is 0 Å². The molecule has 0 radical (unpaired) electrons. The molecule has 1 saturated heterocycles. The van der Waals surface area contributed by atoms with Gasteiger partial charge in [0.25, 0.3) is 0 Å². The van der Waals surface area contributed by atoms with Crippen LogP contribution in [-0.2, 0) is 9.47 Å². The van der Waals surface area contributed by atoms with E-state index in [0.717, 1.165) is 16.4 Å². The van der Waals surface area contributed by atoms with E-state index in [1.165, 1.54) is 0 Å². The number of hydrogen-bond donors (Lipinski definition) is 1. The third-order valence-corrected chi connectivity index (χ3v) is 5.52. The van der Waals surface area contributed by atoms with Crippen LogP contribution in [0.3, 0.4) is 0 Å². The zero-order valence-corrected chi connectivity index (χ0v) is 16.8. The number of halogens is 1. The number of carbonyl (C=O) groups excluding carboxylic acids is 1. The number of rotatable bonds is 5. The van der Waals surface area contributed by atoms with Gasteiger partial charge < -0.3 is 19.1 Å². The summed E-state index contributed by atoms with van der Waals surface area (Å²) in [6.07, 6.45) is 3.21. The first-order chi connectivity index (χ1) is 12.6. The molecule has 1 unspecified atom stereocenters. The standard InChI is InChI=1S/C19H22INO5/c1-2-26-19(24)15-10-21(17(11-22)12-5-7-25-8-6-12)16-4-3-13(20)9-14(16)18(15)23/h3-4,9-10,12,17,22H,2,5-8,11H2,1H3. The number of fused-ring (bicyclic) bond motifs is 1. The Balaban J connectivity index is 2.20. The van der Waals surface area contributed by atoms with Crippen LogP contribution in [0.25, 0.3) is 10.9 Å². The summed E-state index contributed by atoms with van der Waals surface area (Å²) < 4.78 is 13.3. The number of nitrogens with zero attached hydrogens (tertiary/aromatic N) is 1. The summed E-state index contributed by atoms with van der Waals surface area (Å²) in [4.78, 5) is 25.2. The predicted octanol–water partition coefficient (Wildman–Crippen LogP) is 2.74. The van der Waals surface area contributed by atoms with Crippen LogP contribution < -0.4 is 5.43 Å². The number of benzene rings is 1. The molecule has 1 aliphatic heterocycles. The number of hydrogen-bond acceptors (Lipinski definition) is 5. The maximum Gasteiger partial charge on any atom is 0.343 e. The summed E-state index contributed by atoms with van der Waals surface area (Å²) in [6.45, 7) is 3.14. The van der Waals surface area contributed by atoms with Gasteiger partial charge >= 0.3 is 5.97 Å². The zero-order chi connectivity index (χ0) is 18.7. The third-order valence-electron chi connectivity index (χ3n) is 4.84. The highest BCUT2D eigenvalue weighted by atomic mass is 127. The molecule has 1 aromatic carbocycles. The third kappa shape index (κ3) is 3.79. The van der Waals surface area contributed by atoms with E-state index in [1.54, 1.807) is 19.2 Å². The second-order valence-corrected chi connectivity index (χ2v) is 7.61. The zero-order valence-electron chi connectivity index (χ0n) is 14.6. The molecule has 26 heavy (non-hydrogen) atoms. The van der Waals surface area contributed by atoms with E-state index in [1.807, 2.05) is 16.7 Å². The molecular weight excluding hydrogens is 449 g/mol. The molecular formula is C19H22INO5. The fourth-order valence-electron chi connectivity index (χ4n) is 3.52. The van der Waals surface area contributed by atoms with Gasteiger partial charge in [-0.1, -0.05) is 0 Å². The number of aliphatic hydroxyl groups is 1. The van der Waals surface area contributed by atoms with Crippen LogP contribution >= 0.6 is 22.6 Å². The first-order valence-electron chi connectivity index (χ1n) is 8.77. The van der Waals surface area contributed by atoms with Crippen molar-refractivity contribution in [2.45, 2.75) is 25.8 Å². The number of aromatic nitrogens is 1. The summed E-state index contributed by atoms with van der Waals surface area (Å²) in [6, 6.07) is 5.34. The second kappa shape index (κ2) is 8.49. The number of pyridine rings is 1. The lowest BCUT2D eigenvalue weighted by Gasteiger charge is -2.32. The molecule has 0 saturated carbocycles.